The van der Waals surface area contributed by atoms with Crippen molar-refractivity contribution in [3.8, 4) is 0 Å². The largest absolute Gasteiger partial charge is 0.353 e. The summed E-state index contributed by atoms with van der Waals surface area (Å²) < 4.78 is 0.903. The van der Waals surface area contributed by atoms with E-state index in [-0.39, 0.29) is 24.3 Å². The van der Waals surface area contributed by atoms with Crippen LogP contribution in [0.1, 0.15) is 44.0 Å². The maximum absolute atomic E-state index is 11.8. The van der Waals surface area contributed by atoms with Gasteiger partial charge in [0.25, 0.3) is 5.91 Å². The van der Waals surface area contributed by atoms with E-state index in [0.717, 1.165) is 10.9 Å². The summed E-state index contributed by atoms with van der Waals surface area (Å²) in [6.07, 6.45) is 1.05. The van der Waals surface area contributed by atoms with E-state index in [1.807, 2.05) is 13.8 Å². The SMILES string of the molecule is CC[C@H](C)NC(=O)CC(C)=NNC(=O)c1ccc(Br)cc1. The standard InChI is InChI=1S/C15H20BrN3O2/c1-4-10(2)17-14(20)9-11(3)18-19-15(21)12-5-7-13(16)8-6-12/h5-8,10H,4,9H2,1-3H3,(H,17,20)(H,19,21)/t10-/m0/s1. The van der Waals surface area contributed by atoms with E-state index in [9.17, 15) is 9.59 Å². The van der Waals surface area contributed by atoms with Gasteiger partial charge in [0.1, 0.15) is 0 Å². The number of carbonyl (C=O) groups is 2. The van der Waals surface area contributed by atoms with Crippen molar-refractivity contribution in [3.63, 3.8) is 0 Å². The Morgan fingerprint density at radius 1 is 1.29 bits per heavy atom. The quantitative estimate of drug-likeness (QED) is 0.609. The Morgan fingerprint density at radius 3 is 2.48 bits per heavy atom. The fourth-order valence-corrected chi connectivity index (χ4v) is 1.78. The molecule has 2 amide bonds. The van der Waals surface area contributed by atoms with E-state index >= 15 is 0 Å². The maximum atomic E-state index is 11.8. The molecule has 0 saturated heterocycles. The number of carbonyl (C=O) groups excluding carboxylic acids is 2. The van der Waals surface area contributed by atoms with Crippen molar-refractivity contribution in [1.29, 1.82) is 0 Å². The zero-order valence-corrected chi connectivity index (χ0v) is 14.0. The number of benzene rings is 1. The molecule has 0 aliphatic carbocycles. The van der Waals surface area contributed by atoms with E-state index in [0.29, 0.717) is 11.3 Å². The molecule has 0 spiro atoms. The zero-order valence-electron chi connectivity index (χ0n) is 12.4. The summed E-state index contributed by atoms with van der Waals surface area (Å²) in [7, 11) is 0. The molecule has 1 atom stereocenters. The lowest BCUT2D eigenvalue weighted by atomic mass is 10.2. The molecular weight excluding hydrogens is 334 g/mol. The number of rotatable bonds is 6. The first-order chi connectivity index (χ1) is 9.92. The molecule has 0 aromatic heterocycles. The van der Waals surface area contributed by atoms with Crippen LogP contribution in [-0.4, -0.2) is 23.6 Å². The molecule has 1 aromatic carbocycles. The van der Waals surface area contributed by atoms with Crippen LogP contribution >= 0.6 is 15.9 Å². The molecule has 0 fully saturated rings. The number of nitrogens with zero attached hydrogens (tertiary/aromatic N) is 1. The molecule has 0 bridgehead atoms. The van der Waals surface area contributed by atoms with Gasteiger partial charge in [0.05, 0.1) is 6.42 Å². The first-order valence-corrected chi connectivity index (χ1v) is 7.60. The van der Waals surface area contributed by atoms with E-state index in [1.165, 1.54) is 0 Å². The van der Waals surface area contributed by atoms with E-state index in [1.54, 1.807) is 31.2 Å². The smallest absolute Gasteiger partial charge is 0.271 e. The molecule has 0 heterocycles. The van der Waals surface area contributed by atoms with E-state index in [2.05, 4.69) is 31.8 Å². The van der Waals surface area contributed by atoms with E-state index < -0.39 is 0 Å². The molecule has 0 unspecified atom stereocenters. The van der Waals surface area contributed by atoms with Gasteiger partial charge in [-0.2, -0.15) is 5.10 Å². The second kappa shape index (κ2) is 8.56. The lowest BCUT2D eigenvalue weighted by Gasteiger charge is -2.10. The highest BCUT2D eigenvalue weighted by Crippen LogP contribution is 2.10. The molecule has 0 aliphatic rings. The molecule has 21 heavy (non-hydrogen) atoms. The minimum absolute atomic E-state index is 0.0940. The van der Waals surface area contributed by atoms with Crippen LogP contribution in [0, 0.1) is 0 Å². The molecule has 0 saturated carbocycles. The van der Waals surface area contributed by atoms with E-state index in [4.69, 9.17) is 0 Å². The predicted octanol–water partition coefficient (Wildman–Crippen LogP) is 2.86. The Kier molecular flexibility index (Phi) is 7.08. The average Bonchev–Trinajstić information content (AvgIpc) is 2.45. The summed E-state index contributed by atoms with van der Waals surface area (Å²) in [6, 6.07) is 7.10. The van der Waals surface area contributed by atoms with Crippen LogP contribution in [0.4, 0.5) is 0 Å². The molecular formula is C15H20BrN3O2. The molecule has 5 nitrogen and oxygen atoms in total. The Balaban J connectivity index is 2.49. The van der Waals surface area contributed by atoms with Gasteiger partial charge in [0, 0.05) is 21.8 Å². The van der Waals surface area contributed by atoms with Gasteiger partial charge < -0.3 is 5.32 Å². The summed E-state index contributed by atoms with van der Waals surface area (Å²) in [4.78, 5) is 23.5. The predicted molar refractivity (Wildman–Crippen MR) is 87.2 cm³/mol. The maximum Gasteiger partial charge on any atom is 0.271 e. The summed E-state index contributed by atoms with van der Waals surface area (Å²) >= 11 is 3.31. The van der Waals surface area contributed by atoms with Crippen LogP contribution in [0.3, 0.4) is 0 Å². The van der Waals surface area contributed by atoms with Crippen molar-refractivity contribution < 1.29 is 9.59 Å². The third-order valence-corrected chi connectivity index (χ3v) is 3.42. The molecule has 0 radical (unpaired) electrons. The minimum Gasteiger partial charge on any atom is -0.353 e. The average molecular weight is 354 g/mol. The van der Waals surface area contributed by atoms with Crippen LogP contribution in [-0.2, 0) is 4.79 Å². The Morgan fingerprint density at radius 2 is 1.90 bits per heavy atom. The van der Waals surface area contributed by atoms with Gasteiger partial charge in [-0.25, -0.2) is 5.43 Å². The van der Waals surface area contributed by atoms with Crippen molar-refractivity contribution >= 4 is 33.5 Å². The van der Waals surface area contributed by atoms with Crippen molar-refractivity contribution in [3.05, 3.63) is 34.3 Å². The first kappa shape index (κ1) is 17.4. The lowest BCUT2D eigenvalue weighted by Crippen LogP contribution is -2.33. The van der Waals surface area contributed by atoms with Crippen LogP contribution < -0.4 is 10.7 Å². The summed E-state index contributed by atoms with van der Waals surface area (Å²) in [5, 5.41) is 6.79. The molecule has 1 rings (SSSR count). The van der Waals surface area contributed by atoms with Crippen molar-refractivity contribution in [2.24, 2.45) is 5.10 Å². The zero-order chi connectivity index (χ0) is 15.8. The lowest BCUT2D eigenvalue weighted by molar-refractivity contribution is -0.120. The van der Waals surface area contributed by atoms with Crippen LogP contribution in [0.25, 0.3) is 0 Å². The number of hydrazone groups is 1. The van der Waals surface area contributed by atoms with Crippen LogP contribution in [0.2, 0.25) is 0 Å². The molecule has 2 N–H and O–H groups in total. The van der Waals surface area contributed by atoms with Crippen molar-refractivity contribution in [1.82, 2.24) is 10.7 Å². The van der Waals surface area contributed by atoms with Gasteiger partial charge in [-0.3, -0.25) is 9.59 Å². The first-order valence-electron chi connectivity index (χ1n) is 6.80. The van der Waals surface area contributed by atoms with Crippen LogP contribution in [0.15, 0.2) is 33.8 Å². The number of nitrogens with one attached hydrogen (secondary N) is 2. The van der Waals surface area contributed by atoms with Gasteiger partial charge in [0.15, 0.2) is 0 Å². The molecule has 1 aromatic rings. The number of halogens is 1. The van der Waals surface area contributed by atoms with Crippen molar-refractivity contribution in [2.45, 2.75) is 39.7 Å². The van der Waals surface area contributed by atoms with Crippen LogP contribution in [0.5, 0.6) is 0 Å². The normalized spacial score (nSPS) is 12.7. The number of hydrogen-bond acceptors (Lipinski definition) is 3. The topological polar surface area (TPSA) is 70.6 Å². The highest BCUT2D eigenvalue weighted by molar-refractivity contribution is 9.10. The van der Waals surface area contributed by atoms with Gasteiger partial charge in [-0.15, -0.1) is 0 Å². The van der Waals surface area contributed by atoms with Crippen molar-refractivity contribution in [2.75, 3.05) is 0 Å². The Labute approximate surface area is 133 Å². The fraction of sp³-hybridized carbons (Fsp3) is 0.400. The minimum atomic E-state index is -0.302. The second-order valence-electron chi connectivity index (χ2n) is 4.85. The number of hydrogen-bond donors (Lipinski definition) is 2. The highest BCUT2D eigenvalue weighted by Gasteiger charge is 2.08. The third kappa shape index (κ3) is 6.53. The summed E-state index contributed by atoms with van der Waals surface area (Å²) in [6.45, 7) is 5.65. The molecule has 6 heteroatoms. The highest BCUT2D eigenvalue weighted by atomic mass is 79.9. The summed E-state index contributed by atoms with van der Waals surface area (Å²) in [5.41, 5.74) is 3.51. The fourth-order valence-electron chi connectivity index (χ4n) is 1.51. The monoisotopic (exact) mass is 353 g/mol. The Hall–Kier alpha value is -1.69. The Bertz CT molecular complexity index is 526. The summed E-state index contributed by atoms with van der Waals surface area (Å²) in [5.74, 6) is -0.396. The second-order valence-corrected chi connectivity index (χ2v) is 5.76. The van der Waals surface area contributed by atoms with Gasteiger partial charge in [-0.05, 0) is 44.5 Å². The molecule has 114 valence electrons. The third-order valence-electron chi connectivity index (χ3n) is 2.89. The van der Waals surface area contributed by atoms with Gasteiger partial charge >= 0.3 is 0 Å². The van der Waals surface area contributed by atoms with Gasteiger partial charge in [0.2, 0.25) is 5.91 Å². The van der Waals surface area contributed by atoms with Gasteiger partial charge in [-0.1, -0.05) is 22.9 Å². The number of amides is 2. The molecule has 0 aliphatic heterocycles.